The third-order valence-electron chi connectivity index (χ3n) is 4.89. The topological polar surface area (TPSA) is 49.2 Å². The molecule has 1 aliphatic carbocycles. The van der Waals surface area contributed by atoms with Gasteiger partial charge in [-0.2, -0.15) is 0 Å². The van der Waals surface area contributed by atoms with Crippen molar-refractivity contribution in [2.24, 2.45) is 0 Å². The van der Waals surface area contributed by atoms with Crippen LogP contribution in [0.15, 0.2) is 30.2 Å². The lowest BCUT2D eigenvalue weighted by atomic mass is 9.93. The summed E-state index contributed by atoms with van der Waals surface area (Å²) in [6.07, 6.45) is 6.58. The molecular weight excluding hydrogens is 314 g/mol. The third-order valence-corrected chi connectivity index (χ3v) is 5.20. The zero-order valence-electron chi connectivity index (χ0n) is 13.7. The molecule has 1 aliphatic heterocycles. The predicted molar refractivity (Wildman–Crippen MR) is 88.4 cm³/mol. The molecule has 0 spiro atoms. The molecule has 3 heterocycles. The third kappa shape index (κ3) is 2.07. The van der Waals surface area contributed by atoms with Crippen molar-refractivity contribution in [2.75, 3.05) is 0 Å². The smallest absolute Gasteiger partial charge is 0.164 e. The molecule has 3 atom stereocenters. The first-order chi connectivity index (χ1) is 10.9. The van der Waals surface area contributed by atoms with E-state index in [1.165, 1.54) is 11.9 Å². The van der Waals surface area contributed by atoms with E-state index in [0.29, 0.717) is 5.15 Å². The molecule has 1 fully saturated rings. The highest BCUT2D eigenvalue weighted by molar-refractivity contribution is 6.33. The van der Waals surface area contributed by atoms with Crippen LogP contribution in [0.3, 0.4) is 0 Å². The van der Waals surface area contributed by atoms with Gasteiger partial charge in [0.1, 0.15) is 28.8 Å². The predicted octanol–water partition coefficient (Wildman–Crippen LogP) is 3.89. The molecule has 122 valence electrons. The molecule has 23 heavy (non-hydrogen) atoms. The van der Waals surface area contributed by atoms with E-state index >= 15 is 0 Å². The van der Waals surface area contributed by atoms with Crippen molar-refractivity contribution in [1.29, 1.82) is 0 Å². The van der Waals surface area contributed by atoms with Crippen molar-refractivity contribution < 1.29 is 9.47 Å². The van der Waals surface area contributed by atoms with Crippen LogP contribution < -0.4 is 0 Å². The summed E-state index contributed by atoms with van der Waals surface area (Å²) in [6, 6.07) is 1.98. The van der Waals surface area contributed by atoms with Gasteiger partial charge in [0.15, 0.2) is 5.79 Å². The highest BCUT2D eigenvalue weighted by Gasteiger charge is 2.58. The first-order valence-corrected chi connectivity index (χ1v) is 8.30. The number of nitrogens with zero attached hydrogens (tertiary/aromatic N) is 3. The van der Waals surface area contributed by atoms with Crippen LogP contribution in [-0.4, -0.2) is 32.0 Å². The zero-order valence-corrected chi connectivity index (χ0v) is 14.5. The van der Waals surface area contributed by atoms with Gasteiger partial charge in [-0.1, -0.05) is 24.6 Å². The van der Waals surface area contributed by atoms with Crippen LogP contribution in [0.2, 0.25) is 5.15 Å². The summed E-state index contributed by atoms with van der Waals surface area (Å²) in [5.41, 5.74) is 1.68. The molecule has 0 N–H and O–H groups in total. The fourth-order valence-corrected chi connectivity index (χ4v) is 4.18. The van der Waals surface area contributed by atoms with Gasteiger partial charge >= 0.3 is 0 Å². The lowest BCUT2D eigenvalue weighted by Gasteiger charge is -2.28. The summed E-state index contributed by atoms with van der Waals surface area (Å²) >= 11 is 6.18. The molecule has 1 saturated heterocycles. The molecule has 0 saturated carbocycles. The average Bonchev–Trinajstić information content (AvgIpc) is 3.07. The van der Waals surface area contributed by atoms with E-state index in [9.17, 15) is 0 Å². The van der Waals surface area contributed by atoms with Gasteiger partial charge in [0, 0.05) is 6.20 Å². The summed E-state index contributed by atoms with van der Waals surface area (Å²) in [5, 5.41) is 1.32. The number of hydrogen-bond acceptors (Lipinski definition) is 4. The molecule has 0 amide bonds. The Labute approximate surface area is 140 Å². The quantitative estimate of drug-likeness (QED) is 0.618. The van der Waals surface area contributed by atoms with Gasteiger partial charge in [-0.05, 0) is 38.8 Å². The maximum absolute atomic E-state index is 6.27. The Morgan fingerprint density at radius 2 is 2.09 bits per heavy atom. The molecule has 0 bridgehead atoms. The lowest BCUT2D eigenvalue weighted by Crippen LogP contribution is -2.38. The molecular formula is C17H20ClN3O2. The zero-order chi connectivity index (χ0) is 16.4. The molecule has 2 aromatic heterocycles. The second-order valence-corrected chi connectivity index (χ2v) is 7.17. The summed E-state index contributed by atoms with van der Waals surface area (Å²) in [6.45, 7) is 8.20. The Morgan fingerprint density at radius 1 is 1.30 bits per heavy atom. The number of aromatic nitrogens is 3. The van der Waals surface area contributed by atoms with E-state index in [2.05, 4.69) is 34.5 Å². The minimum Gasteiger partial charge on any atom is -0.341 e. The number of ether oxygens (including phenoxy) is 2. The van der Waals surface area contributed by atoms with Crippen LogP contribution in [0, 0.1) is 0 Å². The van der Waals surface area contributed by atoms with Crippen molar-refractivity contribution in [2.45, 2.75) is 57.6 Å². The number of halogens is 1. The molecule has 4 rings (SSSR count). The first kappa shape index (κ1) is 15.1. The van der Waals surface area contributed by atoms with Crippen LogP contribution in [-0.2, 0) is 9.47 Å². The monoisotopic (exact) mass is 333 g/mol. The number of hydrogen-bond donors (Lipinski definition) is 0. The van der Waals surface area contributed by atoms with Crippen molar-refractivity contribution in [1.82, 2.24) is 14.5 Å². The van der Waals surface area contributed by atoms with Crippen LogP contribution in [0.4, 0.5) is 0 Å². The fourth-order valence-electron chi connectivity index (χ4n) is 3.99. The summed E-state index contributed by atoms with van der Waals surface area (Å²) in [7, 11) is 0. The Balaban J connectivity index is 1.85. The van der Waals surface area contributed by atoms with Gasteiger partial charge in [0.25, 0.3) is 0 Å². The Morgan fingerprint density at radius 3 is 2.83 bits per heavy atom. The second kappa shape index (κ2) is 4.79. The summed E-state index contributed by atoms with van der Waals surface area (Å²) < 4.78 is 14.6. The Kier molecular flexibility index (Phi) is 3.15. The van der Waals surface area contributed by atoms with Gasteiger partial charge in [0.05, 0.1) is 11.4 Å². The van der Waals surface area contributed by atoms with Gasteiger partial charge < -0.3 is 14.0 Å². The normalized spacial score (nSPS) is 32.3. The van der Waals surface area contributed by atoms with Crippen molar-refractivity contribution >= 4 is 22.6 Å². The second-order valence-electron chi connectivity index (χ2n) is 6.81. The fraction of sp³-hybridized carbons (Fsp3) is 0.529. The number of rotatable bonds is 2. The molecule has 2 aromatic rings. The maximum atomic E-state index is 6.27. The molecule has 6 heteroatoms. The summed E-state index contributed by atoms with van der Waals surface area (Å²) in [5.74, 6) is -0.595. The van der Waals surface area contributed by atoms with Crippen LogP contribution in [0.1, 0.15) is 40.2 Å². The Bertz CT molecular complexity index is 813. The van der Waals surface area contributed by atoms with Gasteiger partial charge in [0.2, 0.25) is 0 Å². The average molecular weight is 334 g/mol. The van der Waals surface area contributed by atoms with E-state index in [0.717, 1.165) is 17.5 Å². The van der Waals surface area contributed by atoms with Crippen molar-refractivity contribution in [3.63, 3.8) is 0 Å². The SMILES string of the molecule is CCC1=C[C@@H](n2ccc3c(Cl)ncnc32)[C@@H]2OC(C)(C)O[C@]12C. The highest BCUT2D eigenvalue weighted by Crippen LogP contribution is 2.51. The molecule has 0 aromatic carbocycles. The minimum absolute atomic E-state index is 0.0280. The highest BCUT2D eigenvalue weighted by atomic mass is 35.5. The Hall–Kier alpha value is -1.43. The molecule has 5 nitrogen and oxygen atoms in total. The molecule has 0 radical (unpaired) electrons. The number of fused-ring (bicyclic) bond motifs is 2. The van der Waals surface area contributed by atoms with E-state index in [1.807, 2.05) is 26.1 Å². The summed E-state index contributed by atoms with van der Waals surface area (Å²) in [4.78, 5) is 8.46. The van der Waals surface area contributed by atoms with Crippen LogP contribution in [0.5, 0.6) is 0 Å². The van der Waals surface area contributed by atoms with E-state index < -0.39 is 11.4 Å². The molecule has 2 aliphatic rings. The largest absolute Gasteiger partial charge is 0.341 e. The first-order valence-electron chi connectivity index (χ1n) is 7.92. The van der Waals surface area contributed by atoms with Crippen molar-refractivity contribution in [3.05, 3.63) is 35.4 Å². The van der Waals surface area contributed by atoms with Gasteiger partial charge in [-0.15, -0.1) is 0 Å². The molecule has 0 unspecified atom stereocenters. The van der Waals surface area contributed by atoms with E-state index in [4.69, 9.17) is 21.1 Å². The maximum Gasteiger partial charge on any atom is 0.164 e. The lowest BCUT2D eigenvalue weighted by molar-refractivity contribution is -0.158. The van der Waals surface area contributed by atoms with Crippen LogP contribution in [0.25, 0.3) is 11.0 Å². The van der Waals surface area contributed by atoms with E-state index in [-0.39, 0.29) is 12.1 Å². The minimum atomic E-state index is -0.595. The van der Waals surface area contributed by atoms with E-state index in [1.54, 1.807) is 0 Å². The van der Waals surface area contributed by atoms with Crippen LogP contribution >= 0.6 is 11.6 Å². The van der Waals surface area contributed by atoms with Gasteiger partial charge in [-0.3, -0.25) is 0 Å². The van der Waals surface area contributed by atoms with Gasteiger partial charge in [-0.25, -0.2) is 9.97 Å². The standard InChI is InChI=1S/C17H20ClN3O2/c1-5-10-8-12(13-17(10,4)23-16(2,3)22-13)21-7-6-11-14(18)19-9-20-15(11)21/h6-9,12-13H,5H2,1-4H3/t12-,13+,17-/m1/s1. The van der Waals surface area contributed by atoms with Crippen molar-refractivity contribution in [3.8, 4) is 0 Å².